The van der Waals surface area contributed by atoms with Crippen LogP contribution < -0.4 is 4.74 Å². The minimum Gasteiger partial charge on any atom is -0.426 e. The average molecular weight is 306 g/mol. The molecule has 2 aromatic carbocycles. The van der Waals surface area contributed by atoms with E-state index < -0.39 is 10.9 Å². The zero-order chi connectivity index (χ0) is 15.4. The Morgan fingerprint density at radius 1 is 1.24 bits per heavy atom. The number of halogens is 1. The Hall–Kier alpha value is -2.40. The van der Waals surface area contributed by atoms with Crippen LogP contribution in [0.4, 0.5) is 5.69 Å². The molecular formula is C15H12ClNO4. The molecule has 0 aliphatic carbocycles. The van der Waals surface area contributed by atoms with Crippen LogP contribution in [0, 0.1) is 17.0 Å². The predicted molar refractivity (Wildman–Crippen MR) is 78.6 cm³/mol. The molecule has 0 spiro atoms. The van der Waals surface area contributed by atoms with Crippen LogP contribution in [0.2, 0.25) is 5.02 Å². The van der Waals surface area contributed by atoms with Gasteiger partial charge in [0.25, 0.3) is 5.69 Å². The lowest BCUT2D eigenvalue weighted by molar-refractivity contribution is -0.385. The molecule has 0 saturated heterocycles. The zero-order valence-corrected chi connectivity index (χ0v) is 12.0. The third kappa shape index (κ3) is 4.03. The van der Waals surface area contributed by atoms with E-state index in [1.807, 2.05) is 0 Å². The fourth-order valence-electron chi connectivity index (χ4n) is 1.83. The van der Waals surface area contributed by atoms with E-state index in [9.17, 15) is 14.9 Å². The number of carbonyl (C=O) groups is 1. The van der Waals surface area contributed by atoms with Gasteiger partial charge in [-0.15, -0.1) is 0 Å². The van der Waals surface area contributed by atoms with E-state index in [0.29, 0.717) is 10.6 Å². The summed E-state index contributed by atoms with van der Waals surface area (Å²) in [6.45, 7) is 1.59. The third-order valence-corrected chi connectivity index (χ3v) is 3.11. The fourth-order valence-corrected chi connectivity index (χ4v) is 1.96. The van der Waals surface area contributed by atoms with Crippen molar-refractivity contribution in [3.05, 3.63) is 68.7 Å². The summed E-state index contributed by atoms with van der Waals surface area (Å²) in [5.74, 6) is -0.150. The van der Waals surface area contributed by atoms with Crippen LogP contribution in [-0.2, 0) is 11.2 Å². The number of esters is 1. The van der Waals surface area contributed by atoms with Gasteiger partial charge in [0, 0.05) is 16.7 Å². The van der Waals surface area contributed by atoms with Crippen LogP contribution in [0.25, 0.3) is 0 Å². The average Bonchev–Trinajstić information content (AvgIpc) is 2.41. The van der Waals surface area contributed by atoms with E-state index in [0.717, 1.165) is 5.56 Å². The van der Waals surface area contributed by atoms with Crippen molar-refractivity contribution < 1.29 is 14.5 Å². The second kappa shape index (κ2) is 6.37. The van der Waals surface area contributed by atoms with Gasteiger partial charge in [0.15, 0.2) is 0 Å². The van der Waals surface area contributed by atoms with Gasteiger partial charge in [0.2, 0.25) is 0 Å². The summed E-state index contributed by atoms with van der Waals surface area (Å²) in [5.41, 5.74) is 1.22. The second-order valence-corrected chi connectivity index (χ2v) is 4.92. The maximum atomic E-state index is 11.8. The summed E-state index contributed by atoms with van der Waals surface area (Å²) >= 11 is 5.76. The number of ether oxygens (including phenoxy) is 1. The third-order valence-electron chi connectivity index (χ3n) is 2.86. The summed E-state index contributed by atoms with van der Waals surface area (Å²) in [6.07, 6.45) is 0.104. The van der Waals surface area contributed by atoms with Crippen molar-refractivity contribution in [2.45, 2.75) is 13.3 Å². The van der Waals surface area contributed by atoms with Crippen molar-refractivity contribution in [1.29, 1.82) is 0 Å². The molecule has 0 saturated carbocycles. The van der Waals surface area contributed by atoms with Gasteiger partial charge in [-0.2, -0.15) is 0 Å². The van der Waals surface area contributed by atoms with Gasteiger partial charge in [-0.3, -0.25) is 14.9 Å². The molecule has 0 aliphatic heterocycles. The van der Waals surface area contributed by atoms with Crippen LogP contribution in [-0.4, -0.2) is 10.9 Å². The maximum Gasteiger partial charge on any atom is 0.315 e. The summed E-state index contributed by atoms with van der Waals surface area (Å²) in [4.78, 5) is 22.0. The van der Waals surface area contributed by atoms with Crippen molar-refractivity contribution in [1.82, 2.24) is 0 Å². The largest absolute Gasteiger partial charge is 0.426 e. The van der Waals surface area contributed by atoms with Crippen LogP contribution in [0.3, 0.4) is 0 Å². The molecular weight excluding hydrogens is 294 g/mol. The van der Waals surface area contributed by atoms with Gasteiger partial charge in [-0.25, -0.2) is 0 Å². The highest BCUT2D eigenvalue weighted by molar-refractivity contribution is 6.30. The lowest BCUT2D eigenvalue weighted by Gasteiger charge is -2.06. The Bertz CT molecular complexity index is 683. The smallest absolute Gasteiger partial charge is 0.315 e. The van der Waals surface area contributed by atoms with Gasteiger partial charge in [0.1, 0.15) is 5.75 Å². The Balaban J connectivity index is 2.04. The lowest BCUT2D eigenvalue weighted by atomic mass is 10.1. The first-order chi connectivity index (χ1) is 9.95. The number of nitrogens with zero attached hydrogens (tertiary/aromatic N) is 1. The highest BCUT2D eigenvalue weighted by atomic mass is 35.5. The highest BCUT2D eigenvalue weighted by Gasteiger charge is 2.13. The molecule has 2 rings (SSSR count). The Labute approximate surface area is 126 Å². The monoisotopic (exact) mass is 305 g/mol. The molecule has 0 bridgehead atoms. The Morgan fingerprint density at radius 2 is 1.90 bits per heavy atom. The quantitative estimate of drug-likeness (QED) is 0.374. The van der Waals surface area contributed by atoms with Crippen LogP contribution in [0.5, 0.6) is 5.75 Å². The minimum absolute atomic E-state index is 0.00694. The highest BCUT2D eigenvalue weighted by Crippen LogP contribution is 2.23. The number of rotatable bonds is 4. The molecule has 0 heterocycles. The SMILES string of the molecule is Cc1cc(OC(=O)Cc2ccc(Cl)cc2)ccc1[N+](=O)[O-]. The molecule has 0 aromatic heterocycles. The summed E-state index contributed by atoms with van der Waals surface area (Å²) in [5, 5.41) is 11.3. The molecule has 108 valence electrons. The molecule has 0 aliphatic rings. The number of nitro benzene ring substituents is 1. The Kier molecular flexibility index (Phi) is 4.55. The first-order valence-electron chi connectivity index (χ1n) is 6.16. The van der Waals surface area contributed by atoms with Crippen LogP contribution in [0.1, 0.15) is 11.1 Å². The van der Waals surface area contributed by atoms with Crippen molar-refractivity contribution >= 4 is 23.3 Å². The molecule has 21 heavy (non-hydrogen) atoms. The van der Waals surface area contributed by atoms with Gasteiger partial charge in [0.05, 0.1) is 11.3 Å². The van der Waals surface area contributed by atoms with E-state index in [-0.39, 0.29) is 17.9 Å². The number of aryl methyl sites for hydroxylation is 1. The number of benzene rings is 2. The number of hydrogen-bond donors (Lipinski definition) is 0. The number of nitro groups is 1. The van der Waals surface area contributed by atoms with Crippen LogP contribution in [0.15, 0.2) is 42.5 Å². The molecule has 0 radical (unpaired) electrons. The zero-order valence-electron chi connectivity index (χ0n) is 11.2. The number of carbonyl (C=O) groups excluding carboxylic acids is 1. The first-order valence-corrected chi connectivity index (χ1v) is 6.53. The van der Waals surface area contributed by atoms with Crippen molar-refractivity contribution in [2.75, 3.05) is 0 Å². The van der Waals surface area contributed by atoms with Gasteiger partial charge in [-0.1, -0.05) is 23.7 Å². The summed E-state index contributed by atoms with van der Waals surface area (Å²) in [6, 6.07) is 11.1. The molecule has 0 N–H and O–H groups in total. The predicted octanol–water partition coefficient (Wildman–Crippen LogP) is 3.70. The molecule has 0 fully saturated rings. The molecule has 0 amide bonds. The van der Waals surface area contributed by atoms with E-state index >= 15 is 0 Å². The van der Waals surface area contributed by atoms with E-state index in [4.69, 9.17) is 16.3 Å². The van der Waals surface area contributed by atoms with Gasteiger partial charge >= 0.3 is 5.97 Å². The van der Waals surface area contributed by atoms with E-state index in [2.05, 4.69) is 0 Å². The van der Waals surface area contributed by atoms with E-state index in [1.54, 1.807) is 31.2 Å². The standard InChI is InChI=1S/C15H12ClNO4/c1-10-8-13(6-7-14(10)17(19)20)21-15(18)9-11-2-4-12(16)5-3-11/h2-8H,9H2,1H3. The normalized spacial score (nSPS) is 10.2. The minimum atomic E-state index is -0.478. The molecule has 5 nitrogen and oxygen atoms in total. The molecule has 0 unspecified atom stereocenters. The van der Waals surface area contributed by atoms with Crippen molar-refractivity contribution in [3.63, 3.8) is 0 Å². The van der Waals surface area contributed by atoms with Crippen molar-refractivity contribution in [3.8, 4) is 5.75 Å². The van der Waals surface area contributed by atoms with E-state index in [1.165, 1.54) is 18.2 Å². The molecule has 6 heteroatoms. The Morgan fingerprint density at radius 3 is 2.48 bits per heavy atom. The molecule has 2 aromatic rings. The lowest BCUT2D eigenvalue weighted by Crippen LogP contribution is -2.11. The van der Waals surface area contributed by atoms with Gasteiger partial charge in [-0.05, 0) is 36.8 Å². The number of hydrogen-bond acceptors (Lipinski definition) is 4. The second-order valence-electron chi connectivity index (χ2n) is 4.48. The van der Waals surface area contributed by atoms with Gasteiger partial charge < -0.3 is 4.74 Å². The molecule has 0 atom stereocenters. The topological polar surface area (TPSA) is 69.4 Å². The fraction of sp³-hybridized carbons (Fsp3) is 0.133. The summed E-state index contributed by atoms with van der Waals surface area (Å²) < 4.78 is 5.17. The van der Waals surface area contributed by atoms with Crippen LogP contribution >= 0.6 is 11.6 Å². The first kappa shape index (κ1) is 15.0. The van der Waals surface area contributed by atoms with Crippen molar-refractivity contribution in [2.24, 2.45) is 0 Å². The summed E-state index contributed by atoms with van der Waals surface area (Å²) in [7, 11) is 0. The maximum absolute atomic E-state index is 11.8.